The number of hydrogen-bond donors (Lipinski definition) is 0. The molecule has 0 aliphatic carbocycles. The minimum absolute atomic E-state index is 0.225. The van der Waals surface area contributed by atoms with Crippen LogP contribution in [0, 0.1) is 0 Å². The highest BCUT2D eigenvalue weighted by atomic mass is 16.6. The van der Waals surface area contributed by atoms with Crippen LogP contribution in [0.1, 0.15) is 5.56 Å². The summed E-state index contributed by atoms with van der Waals surface area (Å²) in [6.07, 6.45) is 0. The molecule has 3 rings (SSSR count). The van der Waals surface area contributed by atoms with Gasteiger partial charge >= 0.3 is 5.97 Å². The molecule has 0 atom stereocenters. The van der Waals surface area contributed by atoms with E-state index in [-0.39, 0.29) is 19.1 Å². The zero-order chi connectivity index (χ0) is 19.6. The van der Waals surface area contributed by atoms with Crippen LogP contribution in [-0.4, -0.2) is 56.3 Å². The molecule has 1 heterocycles. The Hall–Kier alpha value is -3.06. The van der Waals surface area contributed by atoms with Crippen molar-refractivity contribution >= 4 is 11.9 Å². The molecule has 1 fully saturated rings. The average molecular weight is 385 g/mol. The van der Waals surface area contributed by atoms with Crippen LogP contribution < -0.4 is 9.47 Å². The summed E-state index contributed by atoms with van der Waals surface area (Å²) < 4.78 is 21.2. The topological polar surface area (TPSA) is 74.3 Å². The average Bonchev–Trinajstić information content (AvgIpc) is 2.76. The number of carbonyl (C=O) groups excluding carboxylic acids is 2. The third-order valence-corrected chi connectivity index (χ3v) is 4.15. The Labute approximate surface area is 163 Å². The van der Waals surface area contributed by atoms with Gasteiger partial charge in [0.2, 0.25) is 0 Å². The van der Waals surface area contributed by atoms with E-state index in [1.165, 1.54) is 0 Å². The highest BCUT2D eigenvalue weighted by molar-refractivity contribution is 5.81. The summed E-state index contributed by atoms with van der Waals surface area (Å²) in [5.74, 6) is 0.404. The Morgan fingerprint density at radius 1 is 0.857 bits per heavy atom. The third kappa shape index (κ3) is 6.28. The van der Waals surface area contributed by atoms with Gasteiger partial charge in [-0.25, -0.2) is 4.79 Å². The molecule has 1 amide bonds. The molecule has 1 aliphatic rings. The predicted molar refractivity (Wildman–Crippen MR) is 101 cm³/mol. The second-order valence-electron chi connectivity index (χ2n) is 6.19. The minimum Gasteiger partial charge on any atom is -0.489 e. The molecule has 0 bridgehead atoms. The monoisotopic (exact) mass is 385 g/mol. The number of carbonyl (C=O) groups is 2. The lowest BCUT2D eigenvalue weighted by Crippen LogP contribution is -2.42. The highest BCUT2D eigenvalue weighted by Crippen LogP contribution is 2.18. The van der Waals surface area contributed by atoms with E-state index in [4.69, 9.17) is 18.9 Å². The van der Waals surface area contributed by atoms with E-state index in [2.05, 4.69) is 0 Å². The van der Waals surface area contributed by atoms with E-state index < -0.39 is 5.97 Å². The standard InChI is InChI=1S/C21H23NO6/c23-20(22-10-12-25-13-11-22)15-28-21(24)16-27-19-8-6-18(7-9-19)26-14-17-4-2-1-3-5-17/h1-9H,10-16H2. The second-order valence-corrected chi connectivity index (χ2v) is 6.19. The molecule has 0 N–H and O–H groups in total. The maximum Gasteiger partial charge on any atom is 0.344 e. The largest absolute Gasteiger partial charge is 0.489 e. The molecule has 0 unspecified atom stereocenters. The molecule has 28 heavy (non-hydrogen) atoms. The number of hydrogen-bond acceptors (Lipinski definition) is 6. The predicted octanol–water partition coefficient (Wildman–Crippen LogP) is 2.05. The van der Waals surface area contributed by atoms with Crippen LogP contribution in [0.3, 0.4) is 0 Å². The van der Waals surface area contributed by atoms with Crippen LogP contribution in [0.25, 0.3) is 0 Å². The Morgan fingerprint density at radius 3 is 2.18 bits per heavy atom. The lowest BCUT2D eigenvalue weighted by molar-refractivity contribution is -0.155. The molecule has 7 heteroatoms. The summed E-state index contributed by atoms with van der Waals surface area (Å²) in [5.41, 5.74) is 1.08. The third-order valence-electron chi connectivity index (χ3n) is 4.15. The maximum atomic E-state index is 11.9. The zero-order valence-corrected chi connectivity index (χ0v) is 15.5. The SMILES string of the molecule is O=C(COc1ccc(OCc2ccccc2)cc1)OCC(=O)N1CCOCC1. The summed E-state index contributed by atoms with van der Waals surface area (Å²) in [6, 6.07) is 16.8. The van der Waals surface area contributed by atoms with Gasteiger partial charge < -0.3 is 23.8 Å². The van der Waals surface area contributed by atoms with E-state index in [1.54, 1.807) is 29.2 Å². The smallest absolute Gasteiger partial charge is 0.344 e. The van der Waals surface area contributed by atoms with E-state index in [1.807, 2.05) is 30.3 Å². The van der Waals surface area contributed by atoms with Gasteiger partial charge in [0.05, 0.1) is 13.2 Å². The van der Waals surface area contributed by atoms with Gasteiger partial charge in [-0.1, -0.05) is 30.3 Å². The van der Waals surface area contributed by atoms with Crippen molar-refractivity contribution in [3.05, 3.63) is 60.2 Å². The molecular weight excluding hydrogens is 362 g/mol. The summed E-state index contributed by atoms with van der Waals surface area (Å²) >= 11 is 0. The molecule has 0 spiro atoms. The number of rotatable bonds is 8. The first kappa shape index (κ1) is 19.7. The molecule has 2 aromatic rings. The van der Waals surface area contributed by atoms with Crippen molar-refractivity contribution in [2.24, 2.45) is 0 Å². The van der Waals surface area contributed by atoms with E-state index in [0.717, 1.165) is 5.56 Å². The van der Waals surface area contributed by atoms with Gasteiger partial charge in [0.25, 0.3) is 5.91 Å². The zero-order valence-electron chi connectivity index (χ0n) is 15.5. The number of benzene rings is 2. The van der Waals surface area contributed by atoms with Gasteiger partial charge in [-0.2, -0.15) is 0 Å². The maximum absolute atomic E-state index is 11.9. The van der Waals surface area contributed by atoms with Crippen molar-refractivity contribution in [1.82, 2.24) is 4.90 Å². The van der Waals surface area contributed by atoms with Crippen molar-refractivity contribution in [2.75, 3.05) is 39.5 Å². The lowest BCUT2D eigenvalue weighted by atomic mass is 10.2. The van der Waals surface area contributed by atoms with Crippen LogP contribution in [0.5, 0.6) is 11.5 Å². The summed E-state index contributed by atoms with van der Waals surface area (Å²) in [5, 5.41) is 0. The Balaban J connectivity index is 1.35. The minimum atomic E-state index is -0.592. The van der Waals surface area contributed by atoms with Crippen molar-refractivity contribution in [2.45, 2.75) is 6.61 Å². The van der Waals surface area contributed by atoms with Crippen LogP contribution in [0.2, 0.25) is 0 Å². The van der Waals surface area contributed by atoms with Crippen molar-refractivity contribution in [1.29, 1.82) is 0 Å². The van der Waals surface area contributed by atoms with Crippen LogP contribution in [0.4, 0.5) is 0 Å². The number of esters is 1. The molecular formula is C21H23NO6. The van der Waals surface area contributed by atoms with E-state index >= 15 is 0 Å². The summed E-state index contributed by atoms with van der Waals surface area (Å²) in [6.45, 7) is 1.98. The van der Waals surface area contributed by atoms with Gasteiger partial charge in [-0.15, -0.1) is 0 Å². The molecule has 1 aliphatic heterocycles. The Kier molecular flexibility index (Phi) is 7.26. The number of nitrogens with zero attached hydrogens (tertiary/aromatic N) is 1. The molecule has 0 radical (unpaired) electrons. The van der Waals surface area contributed by atoms with Crippen molar-refractivity contribution < 1.29 is 28.5 Å². The van der Waals surface area contributed by atoms with Gasteiger partial charge in [-0.3, -0.25) is 4.79 Å². The van der Waals surface area contributed by atoms with Crippen LogP contribution in [-0.2, 0) is 25.7 Å². The fourth-order valence-electron chi connectivity index (χ4n) is 2.60. The highest BCUT2D eigenvalue weighted by Gasteiger charge is 2.18. The number of ether oxygens (including phenoxy) is 4. The van der Waals surface area contributed by atoms with E-state index in [9.17, 15) is 9.59 Å². The molecule has 2 aromatic carbocycles. The fraction of sp³-hybridized carbons (Fsp3) is 0.333. The molecule has 0 aromatic heterocycles. The molecule has 1 saturated heterocycles. The normalized spacial score (nSPS) is 13.6. The molecule has 148 valence electrons. The quantitative estimate of drug-likeness (QED) is 0.648. The number of morpholine rings is 1. The first-order chi connectivity index (χ1) is 13.7. The molecule has 7 nitrogen and oxygen atoms in total. The van der Waals surface area contributed by atoms with Gasteiger partial charge in [-0.05, 0) is 29.8 Å². The van der Waals surface area contributed by atoms with Crippen LogP contribution >= 0.6 is 0 Å². The van der Waals surface area contributed by atoms with Gasteiger partial charge in [0.1, 0.15) is 18.1 Å². The van der Waals surface area contributed by atoms with Crippen molar-refractivity contribution in [3.8, 4) is 11.5 Å². The first-order valence-corrected chi connectivity index (χ1v) is 9.11. The Morgan fingerprint density at radius 2 is 1.50 bits per heavy atom. The second kappa shape index (κ2) is 10.3. The van der Waals surface area contributed by atoms with Gasteiger partial charge in [0, 0.05) is 13.1 Å². The lowest BCUT2D eigenvalue weighted by Gasteiger charge is -2.26. The molecule has 0 saturated carbocycles. The first-order valence-electron chi connectivity index (χ1n) is 9.11. The number of amides is 1. The summed E-state index contributed by atoms with van der Waals surface area (Å²) in [4.78, 5) is 25.3. The summed E-state index contributed by atoms with van der Waals surface area (Å²) in [7, 11) is 0. The van der Waals surface area contributed by atoms with Crippen LogP contribution in [0.15, 0.2) is 54.6 Å². The van der Waals surface area contributed by atoms with Gasteiger partial charge in [0.15, 0.2) is 13.2 Å². The van der Waals surface area contributed by atoms with E-state index in [0.29, 0.717) is 44.4 Å². The van der Waals surface area contributed by atoms with Crippen molar-refractivity contribution in [3.63, 3.8) is 0 Å². The Bertz CT molecular complexity index is 756. The fourth-order valence-corrected chi connectivity index (χ4v) is 2.60.